The molecule has 0 spiro atoms. The molecule has 2 heteroatoms. The zero-order valence-electron chi connectivity index (χ0n) is 11.4. The summed E-state index contributed by atoms with van der Waals surface area (Å²) in [5.41, 5.74) is 0. The molecular weight excluding hydrogens is 210 g/mol. The minimum Gasteiger partial charge on any atom is -0.378 e. The van der Waals surface area contributed by atoms with Crippen LogP contribution in [0.2, 0.25) is 0 Å². The van der Waals surface area contributed by atoms with Gasteiger partial charge >= 0.3 is 0 Å². The monoisotopic (exact) mass is 239 g/mol. The van der Waals surface area contributed by atoms with Gasteiger partial charge in [-0.3, -0.25) is 0 Å². The van der Waals surface area contributed by atoms with Gasteiger partial charge in [-0.2, -0.15) is 0 Å². The van der Waals surface area contributed by atoms with Crippen LogP contribution < -0.4 is 5.32 Å². The molecule has 0 aromatic carbocycles. The van der Waals surface area contributed by atoms with E-state index >= 15 is 0 Å². The van der Waals surface area contributed by atoms with Crippen LogP contribution in [0.3, 0.4) is 0 Å². The molecule has 1 aliphatic heterocycles. The first-order valence-electron chi connectivity index (χ1n) is 7.73. The second-order valence-electron chi connectivity index (χ2n) is 5.90. The Kier molecular flexibility index (Phi) is 5.79. The van der Waals surface area contributed by atoms with Crippen molar-refractivity contribution in [2.75, 3.05) is 13.2 Å². The lowest BCUT2D eigenvalue weighted by molar-refractivity contribution is 0.00453. The van der Waals surface area contributed by atoms with E-state index in [0.29, 0.717) is 12.1 Å². The van der Waals surface area contributed by atoms with E-state index in [0.717, 1.165) is 12.5 Å². The highest BCUT2D eigenvalue weighted by Gasteiger charge is 2.24. The SMILES string of the molecule is CCCNC(CCC1CC1)CC1CCCCO1. The van der Waals surface area contributed by atoms with Crippen LogP contribution in [0.5, 0.6) is 0 Å². The van der Waals surface area contributed by atoms with E-state index in [1.54, 1.807) is 0 Å². The van der Waals surface area contributed by atoms with Crippen LogP contribution in [0.4, 0.5) is 0 Å². The minimum atomic E-state index is 0.539. The normalized spacial score (nSPS) is 27.0. The van der Waals surface area contributed by atoms with Gasteiger partial charge in [0.1, 0.15) is 0 Å². The highest BCUT2D eigenvalue weighted by Crippen LogP contribution is 2.34. The predicted molar refractivity (Wildman–Crippen MR) is 72.2 cm³/mol. The molecule has 1 aliphatic carbocycles. The zero-order chi connectivity index (χ0) is 11.9. The molecule has 2 fully saturated rings. The van der Waals surface area contributed by atoms with Gasteiger partial charge in [-0.1, -0.05) is 19.8 Å². The van der Waals surface area contributed by atoms with Crippen molar-refractivity contribution < 1.29 is 4.74 Å². The smallest absolute Gasteiger partial charge is 0.0590 e. The van der Waals surface area contributed by atoms with Gasteiger partial charge in [0.2, 0.25) is 0 Å². The van der Waals surface area contributed by atoms with Gasteiger partial charge in [-0.25, -0.2) is 0 Å². The Bertz CT molecular complexity index is 197. The van der Waals surface area contributed by atoms with Gasteiger partial charge in [-0.05, 0) is 57.4 Å². The molecule has 0 aromatic heterocycles. The number of rotatable bonds is 8. The molecule has 0 aromatic rings. The van der Waals surface area contributed by atoms with E-state index in [2.05, 4.69) is 12.2 Å². The van der Waals surface area contributed by atoms with Crippen molar-refractivity contribution in [1.29, 1.82) is 0 Å². The molecule has 2 nitrogen and oxygen atoms in total. The van der Waals surface area contributed by atoms with E-state index in [-0.39, 0.29) is 0 Å². The Balaban J connectivity index is 1.67. The Hall–Kier alpha value is -0.0800. The molecule has 2 rings (SSSR count). The molecule has 0 bridgehead atoms. The van der Waals surface area contributed by atoms with Gasteiger partial charge in [0.25, 0.3) is 0 Å². The lowest BCUT2D eigenvalue weighted by Gasteiger charge is -2.27. The molecule has 1 saturated heterocycles. The number of hydrogen-bond donors (Lipinski definition) is 1. The molecule has 1 N–H and O–H groups in total. The summed E-state index contributed by atoms with van der Waals surface area (Å²) < 4.78 is 5.87. The van der Waals surface area contributed by atoms with Crippen molar-refractivity contribution in [3.63, 3.8) is 0 Å². The van der Waals surface area contributed by atoms with Crippen molar-refractivity contribution in [3.8, 4) is 0 Å². The third-order valence-electron chi connectivity index (χ3n) is 4.12. The molecule has 0 amide bonds. The van der Waals surface area contributed by atoms with Gasteiger partial charge in [0.05, 0.1) is 6.10 Å². The molecule has 2 aliphatic rings. The topological polar surface area (TPSA) is 21.3 Å². The summed E-state index contributed by atoms with van der Waals surface area (Å²) in [5, 5.41) is 3.72. The lowest BCUT2D eigenvalue weighted by atomic mass is 9.98. The summed E-state index contributed by atoms with van der Waals surface area (Å²) in [6, 6.07) is 0.707. The summed E-state index contributed by atoms with van der Waals surface area (Å²) in [6.07, 6.45) is 12.7. The van der Waals surface area contributed by atoms with Crippen molar-refractivity contribution >= 4 is 0 Å². The Labute approximate surface area is 107 Å². The minimum absolute atomic E-state index is 0.539. The lowest BCUT2D eigenvalue weighted by Crippen LogP contribution is -2.35. The molecule has 2 unspecified atom stereocenters. The van der Waals surface area contributed by atoms with Crippen LogP contribution in [0.1, 0.15) is 64.7 Å². The van der Waals surface area contributed by atoms with E-state index in [1.165, 1.54) is 64.3 Å². The number of nitrogens with one attached hydrogen (secondary N) is 1. The molecule has 2 atom stereocenters. The fourth-order valence-corrected chi connectivity index (χ4v) is 2.81. The first-order chi connectivity index (χ1) is 8.38. The van der Waals surface area contributed by atoms with E-state index in [4.69, 9.17) is 4.74 Å². The van der Waals surface area contributed by atoms with Crippen molar-refractivity contribution in [1.82, 2.24) is 5.32 Å². The van der Waals surface area contributed by atoms with Crippen LogP contribution >= 0.6 is 0 Å². The Morgan fingerprint density at radius 1 is 1.24 bits per heavy atom. The Morgan fingerprint density at radius 3 is 2.76 bits per heavy atom. The zero-order valence-corrected chi connectivity index (χ0v) is 11.4. The average Bonchev–Trinajstić information content (AvgIpc) is 3.18. The van der Waals surface area contributed by atoms with Crippen LogP contribution in [0.25, 0.3) is 0 Å². The maximum atomic E-state index is 5.87. The second-order valence-corrected chi connectivity index (χ2v) is 5.90. The number of hydrogen-bond acceptors (Lipinski definition) is 2. The third-order valence-corrected chi connectivity index (χ3v) is 4.12. The average molecular weight is 239 g/mol. The summed E-state index contributed by atoms with van der Waals surface area (Å²) >= 11 is 0. The van der Waals surface area contributed by atoms with Crippen LogP contribution in [0, 0.1) is 5.92 Å². The van der Waals surface area contributed by atoms with Gasteiger partial charge < -0.3 is 10.1 Å². The molecule has 1 heterocycles. The molecule has 17 heavy (non-hydrogen) atoms. The van der Waals surface area contributed by atoms with Crippen LogP contribution in [0.15, 0.2) is 0 Å². The van der Waals surface area contributed by atoms with Crippen LogP contribution in [-0.4, -0.2) is 25.3 Å². The standard InChI is InChI=1S/C15H29NO/c1-2-10-16-14(9-8-13-6-7-13)12-15-5-3-4-11-17-15/h13-16H,2-12H2,1H3. The number of ether oxygens (including phenoxy) is 1. The van der Waals surface area contributed by atoms with Gasteiger partial charge in [0, 0.05) is 12.6 Å². The maximum Gasteiger partial charge on any atom is 0.0590 e. The fraction of sp³-hybridized carbons (Fsp3) is 1.00. The van der Waals surface area contributed by atoms with Crippen LogP contribution in [-0.2, 0) is 4.74 Å². The summed E-state index contributed by atoms with van der Waals surface area (Å²) in [6.45, 7) is 4.41. The molecule has 100 valence electrons. The highest BCUT2D eigenvalue weighted by molar-refractivity contribution is 4.79. The second kappa shape index (κ2) is 7.38. The van der Waals surface area contributed by atoms with Gasteiger partial charge in [0.15, 0.2) is 0 Å². The largest absolute Gasteiger partial charge is 0.378 e. The maximum absolute atomic E-state index is 5.87. The summed E-state index contributed by atoms with van der Waals surface area (Å²) in [7, 11) is 0. The molecular formula is C15H29NO. The van der Waals surface area contributed by atoms with E-state index < -0.39 is 0 Å². The van der Waals surface area contributed by atoms with Gasteiger partial charge in [-0.15, -0.1) is 0 Å². The van der Waals surface area contributed by atoms with E-state index in [9.17, 15) is 0 Å². The first-order valence-corrected chi connectivity index (χ1v) is 7.73. The van der Waals surface area contributed by atoms with Crippen molar-refractivity contribution in [3.05, 3.63) is 0 Å². The fourth-order valence-electron chi connectivity index (χ4n) is 2.81. The first kappa shape index (κ1) is 13.4. The summed E-state index contributed by atoms with van der Waals surface area (Å²) in [5.74, 6) is 1.06. The molecule has 0 radical (unpaired) electrons. The molecule has 1 saturated carbocycles. The van der Waals surface area contributed by atoms with Crippen molar-refractivity contribution in [2.45, 2.75) is 76.9 Å². The van der Waals surface area contributed by atoms with E-state index in [1.807, 2.05) is 0 Å². The van der Waals surface area contributed by atoms with Crippen molar-refractivity contribution in [2.24, 2.45) is 5.92 Å². The summed E-state index contributed by atoms with van der Waals surface area (Å²) in [4.78, 5) is 0. The predicted octanol–water partition coefficient (Wildman–Crippen LogP) is 3.50. The Morgan fingerprint density at radius 2 is 2.12 bits per heavy atom. The quantitative estimate of drug-likeness (QED) is 0.700. The highest BCUT2D eigenvalue weighted by atomic mass is 16.5. The third kappa shape index (κ3) is 5.39.